The standard InChI is InChI=1S/C30H31N/c1-6-7-9-13-24-21-31(18-11-8-10-12-23(24)3)25-15-17-27-26-16-14-22(2)19-28(26)30(4,5)29(27)20-25/h6-17,19-20H,1,3,18,21H2,2,4-5H3/b9-7-,11-8-,12-10-,24-13+. The largest absolute Gasteiger partial charge is 0.363 e. The second-order valence-corrected chi connectivity index (χ2v) is 8.91. The number of fused-ring (bicyclic) bond motifs is 3. The van der Waals surface area contributed by atoms with Crippen molar-refractivity contribution >= 4 is 5.69 Å². The first-order valence-electron chi connectivity index (χ1n) is 10.9. The van der Waals surface area contributed by atoms with Gasteiger partial charge in [-0.1, -0.05) is 105 Å². The van der Waals surface area contributed by atoms with E-state index in [1.165, 1.54) is 39.1 Å². The summed E-state index contributed by atoms with van der Waals surface area (Å²) in [5, 5.41) is 0. The van der Waals surface area contributed by atoms with E-state index in [2.05, 4.69) is 106 Å². The van der Waals surface area contributed by atoms with Crippen molar-refractivity contribution in [3.05, 3.63) is 126 Å². The fraction of sp³-hybridized carbons (Fsp3) is 0.200. The Morgan fingerprint density at radius 2 is 1.71 bits per heavy atom. The summed E-state index contributed by atoms with van der Waals surface area (Å²) in [7, 11) is 0. The van der Waals surface area contributed by atoms with Gasteiger partial charge in [0.1, 0.15) is 0 Å². The molecule has 0 bridgehead atoms. The predicted octanol–water partition coefficient (Wildman–Crippen LogP) is 7.46. The summed E-state index contributed by atoms with van der Waals surface area (Å²) in [5.74, 6) is 0. The maximum Gasteiger partial charge on any atom is 0.0438 e. The van der Waals surface area contributed by atoms with Gasteiger partial charge >= 0.3 is 0 Å². The smallest absolute Gasteiger partial charge is 0.0438 e. The molecule has 0 saturated carbocycles. The zero-order chi connectivity index (χ0) is 22.0. The highest BCUT2D eigenvalue weighted by atomic mass is 15.1. The highest BCUT2D eigenvalue weighted by molar-refractivity contribution is 5.82. The van der Waals surface area contributed by atoms with Crippen molar-refractivity contribution in [3.8, 4) is 11.1 Å². The minimum absolute atomic E-state index is 0.00131. The zero-order valence-corrected chi connectivity index (χ0v) is 18.9. The molecule has 1 aliphatic carbocycles. The summed E-state index contributed by atoms with van der Waals surface area (Å²) in [6.45, 7) is 16.6. The van der Waals surface area contributed by atoms with E-state index >= 15 is 0 Å². The molecule has 156 valence electrons. The summed E-state index contributed by atoms with van der Waals surface area (Å²) >= 11 is 0. The Morgan fingerprint density at radius 3 is 2.48 bits per heavy atom. The molecule has 0 unspecified atom stereocenters. The Morgan fingerprint density at radius 1 is 0.968 bits per heavy atom. The normalized spacial score (nSPS) is 20.7. The molecule has 1 nitrogen and oxygen atoms in total. The van der Waals surface area contributed by atoms with Crippen LogP contribution in [0, 0.1) is 6.92 Å². The number of anilines is 1. The molecular weight excluding hydrogens is 374 g/mol. The average molecular weight is 406 g/mol. The third-order valence-corrected chi connectivity index (χ3v) is 6.37. The van der Waals surface area contributed by atoms with Gasteiger partial charge in [-0.25, -0.2) is 0 Å². The number of nitrogens with zero attached hydrogens (tertiary/aromatic N) is 1. The molecule has 31 heavy (non-hydrogen) atoms. The molecular formula is C30H31N. The lowest BCUT2D eigenvalue weighted by Crippen LogP contribution is -2.26. The van der Waals surface area contributed by atoms with E-state index in [4.69, 9.17) is 0 Å². The number of benzene rings is 2. The average Bonchev–Trinajstić information content (AvgIpc) is 3.02. The Bertz CT molecular complexity index is 1150. The van der Waals surface area contributed by atoms with Crippen molar-refractivity contribution in [3.63, 3.8) is 0 Å². The summed E-state index contributed by atoms with van der Waals surface area (Å²) in [6, 6.07) is 13.8. The molecule has 1 aliphatic heterocycles. The summed E-state index contributed by atoms with van der Waals surface area (Å²) in [4.78, 5) is 2.42. The minimum Gasteiger partial charge on any atom is -0.363 e. The van der Waals surface area contributed by atoms with Crippen LogP contribution in [0.15, 0.2) is 109 Å². The van der Waals surface area contributed by atoms with Crippen LogP contribution < -0.4 is 4.90 Å². The fourth-order valence-corrected chi connectivity index (χ4v) is 4.56. The molecule has 2 aromatic rings. The Balaban J connectivity index is 1.74. The van der Waals surface area contributed by atoms with Crippen LogP contribution in [0.2, 0.25) is 0 Å². The van der Waals surface area contributed by atoms with E-state index in [-0.39, 0.29) is 5.41 Å². The van der Waals surface area contributed by atoms with E-state index < -0.39 is 0 Å². The first-order valence-corrected chi connectivity index (χ1v) is 10.9. The second kappa shape index (κ2) is 8.43. The maximum absolute atomic E-state index is 4.29. The van der Waals surface area contributed by atoms with Crippen molar-refractivity contribution in [1.29, 1.82) is 0 Å². The second-order valence-electron chi connectivity index (χ2n) is 8.91. The Hall–Kier alpha value is -3.32. The van der Waals surface area contributed by atoms with Crippen LogP contribution in [0.3, 0.4) is 0 Å². The van der Waals surface area contributed by atoms with Crippen LogP contribution in [0.25, 0.3) is 11.1 Å². The van der Waals surface area contributed by atoms with Gasteiger partial charge in [0.05, 0.1) is 0 Å². The molecule has 0 radical (unpaired) electrons. The van der Waals surface area contributed by atoms with Gasteiger partial charge in [0.15, 0.2) is 0 Å². The van der Waals surface area contributed by atoms with Gasteiger partial charge in [0, 0.05) is 24.2 Å². The van der Waals surface area contributed by atoms with Crippen LogP contribution in [0.4, 0.5) is 5.69 Å². The molecule has 0 fully saturated rings. The van der Waals surface area contributed by atoms with Gasteiger partial charge in [-0.2, -0.15) is 0 Å². The Kier molecular flexibility index (Phi) is 5.69. The van der Waals surface area contributed by atoms with E-state index in [0.717, 1.165) is 18.7 Å². The van der Waals surface area contributed by atoms with Crippen molar-refractivity contribution in [2.45, 2.75) is 26.2 Å². The highest BCUT2D eigenvalue weighted by Gasteiger charge is 2.35. The van der Waals surface area contributed by atoms with Gasteiger partial charge in [-0.15, -0.1) is 0 Å². The van der Waals surface area contributed by atoms with Gasteiger partial charge in [0.25, 0.3) is 0 Å². The van der Waals surface area contributed by atoms with Crippen molar-refractivity contribution in [2.24, 2.45) is 0 Å². The number of hydrogen-bond donors (Lipinski definition) is 0. The third-order valence-electron chi connectivity index (χ3n) is 6.37. The van der Waals surface area contributed by atoms with Gasteiger partial charge in [0.2, 0.25) is 0 Å². The first-order chi connectivity index (χ1) is 14.9. The topological polar surface area (TPSA) is 3.24 Å². The van der Waals surface area contributed by atoms with Crippen molar-refractivity contribution in [1.82, 2.24) is 0 Å². The lowest BCUT2D eigenvalue weighted by Gasteiger charge is -2.28. The minimum atomic E-state index is -0.00131. The zero-order valence-electron chi connectivity index (χ0n) is 18.9. The molecule has 2 aliphatic rings. The molecule has 0 saturated heterocycles. The summed E-state index contributed by atoms with van der Waals surface area (Å²) < 4.78 is 0. The molecule has 0 atom stereocenters. The van der Waals surface area contributed by atoms with E-state index in [1.807, 2.05) is 12.2 Å². The van der Waals surface area contributed by atoms with E-state index in [9.17, 15) is 0 Å². The van der Waals surface area contributed by atoms with Crippen molar-refractivity contribution < 1.29 is 0 Å². The molecule has 0 amide bonds. The molecule has 1 heteroatoms. The van der Waals surface area contributed by atoms with Gasteiger partial charge < -0.3 is 4.90 Å². The molecule has 0 N–H and O–H groups in total. The third kappa shape index (κ3) is 4.01. The predicted molar refractivity (Wildman–Crippen MR) is 136 cm³/mol. The molecule has 0 aromatic heterocycles. The lowest BCUT2D eigenvalue weighted by molar-refractivity contribution is 0.659. The molecule has 0 spiro atoms. The highest BCUT2D eigenvalue weighted by Crippen LogP contribution is 2.49. The number of rotatable bonds is 3. The summed E-state index contributed by atoms with van der Waals surface area (Å²) in [6.07, 6.45) is 16.4. The molecule has 2 aromatic carbocycles. The first kappa shape index (κ1) is 20.9. The van der Waals surface area contributed by atoms with Crippen LogP contribution in [-0.4, -0.2) is 13.1 Å². The van der Waals surface area contributed by atoms with Crippen LogP contribution >= 0.6 is 0 Å². The van der Waals surface area contributed by atoms with E-state index in [0.29, 0.717) is 0 Å². The fourth-order valence-electron chi connectivity index (χ4n) is 4.56. The SMILES string of the molecule is C=C/C=C\C=C1/CN(c2ccc3c(c2)C(C)(C)c2cc(C)ccc2-3)C/C=C\C=C/C1=C. The molecule has 1 heterocycles. The van der Waals surface area contributed by atoms with Crippen LogP contribution in [0.5, 0.6) is 0 Å². The molecule has 4 rings (SSSR count). The van der Waals surface area contributed by atoms with Crippen LogP contribution in [0.1, 0.15) is 30.5 Å². The van der Waals surface area contributed by atoms with Crippen molar-refractivity contribution in [2.75, 3.05) is 18.0 Å². The number of hydrogen-bond acceptors (Lipinski definition) is 1. The summed E-state index contributed by atoms with van der Waals surface area (Å²) in [5.41, 5.74) is 10.4. The van der Waals surface area contributed by atoms with Crippen LogP contribution in [-0.2, 0) is 5.41 Å². The number of aryl methyl sites for hydroxylation is 1. The maximum atomic E-state index is 4.29. The van der Waals surface area contributed by atoms with Gasteiger partial charge in [-0.05, 0) is 52.5 Å². The number of allylic oxidation sites excluding steroid dienone is 7. The lowest BCUT2D eigenvalue weighted by atomic mass is 9.82. The van der Waals surface area contributed by atoms with E-state index in [1.54, 1.807) is 6.08 Å². The Labute approximate surface area is 187 Å². The van der Waals surface area contributed by atoms with Gasteiger partial charge in [-0.3, -0.25) is 0 Å². The monoisotopic (exact) mass is 405 g/mol. The quantitative estimate of drug-likeness (QED) is 0.479.